The van der Waals surface area contributed by atoms with Crippen LogP contribution in [0.2, 0.25) is 0 Å². The van der Waals surface area contributed by atoms with Crippen molar-refractivity contribution in [3.8, 4) is 0 Å². The quantitative estimate of drug-likeness (QED) is 0.123. The Morgan fingerprint density at radius 2 is 2.00 bits per heavy atom. The van der Waals surface area contributed by atoms with Crippen molar-refractivity contribution in [1.29, 1.82) is 0 Å². The van der Waals surface area contributed by atoms with Gasteiger partial charge in [-0.05, 0) is 19.8 Å². The molecule has 8 N–H and O–H groups in total. The molecule has 17 heavy (non-hydrogen) atoms. The summed E-state index contributed by atoms with van der Waals surface area (Å²) in [5.41, 5.74) is 10.2. The van der Waals surface area contributed by atoms with Crippen LogP contribution in [0.5, 0.6) is 0 Å². The second kappa shape index (κ2) is 7.82. The number of nitrogens with one attached hydrogen (secondary N) is 1. The second-order valence-corrected chi connectivity index (χ2v) is 3.71. The van der Waals surface area contributed by atoms with Crippen LogP contribution in [0.3, 0.4) is 0 Å². The number of hydrogen-bond donors (Lipinski definition) is 6. The van der Waals surface area contributed by atoms with E-state index in [0.29, 0.717) is 19.4 Å². The van der Waals surface area contributed by atoms with E-state index in [2.05, 4.69) is 10.3 Å². The predicted octanol–water partition coefficient (Wildman–Crippen LogP) is -2.22. The van der Waals surface area contributed by atoms with Crippen LogP contribution < -0.4 is 16.8 Å². The van der Waals surface area contributed by atoms with E-state index in [9.17, 15) is 4.79 Å². The topological polar surface area (TPSA) is 154 Å². The third-order valence-electron chi connectivity index (χ3n) is 2.15. The summed E-state index contributed by atoms with van der Waals surface area (Å²) in [6.07, 6.45) is -0.825. The highest BCUT2D eigenvalue weighted by Gasteiger charge is 2.21. The SMILES string of the molecule is C[C@H](N[C@H](CCCN=C(N)N)C(=O)O)C(O)O. The lowest BCUT2D eigenvalue weighted by Gasteiger charge is -2.21. The van der Waals surface area contributed by atoms with Gasteiger partial charge in [0.05, 0.1) is 6.04 Å². The molecule has 0 aromatic rings. The first-order valence-electron chi connectivity index (χ1n) is 5.25. The zero-order valence-electron chi connectivity index (χ0n) is 9.71. The number of aliphatic hydroxyl groups excluding tert-OH is 1. The van der Waals surface area contributed by atoms with Crippen LogP contribution >= 0.6 is 0 Å². The lowest BCUT2D eigenvalue weighted by Crippen LogP contribution is -2.47. The molecule has 0 bridgehead atoms. The minimum absolute atomic E-state index is 0.0380. The molecular formula is C9H20N4O4. The van der Waals surface area contributed by atoms with E-state index in [0.717, 1.165) is 0 Å². The zero-order chi connectivity index (χ0) is 13.4. The van der Waals surface area contributed by atoms with Crippen LogP contribution in [0.25, 0.3) is 0 Å². The Bertz CT molecular complexity index is 266. The summed E-state index contributed by atoms with van der Waals surface area (Å²) in [5.74, 6) is -1.09. The van der Waals surface area contributed by atoms with E-state index in [1.807, 2.05) is 0 Å². The number of aliphatic carboxylic acids is 1. The molecule has 8 nitrogen and oxygen atoms in total. The standard InChI is InChI=1S/C9H20N4O4/c1-5(7(14)15)13-6(8(16)17)3-2-4-12-9(10)11/h5-7,13-15H,2-4H2,1H3,(H,16,17)(H4,10,11,12)/t5-,6+/m0/s1. The van der Waals surface area contributed by atoms with Crippen LogP contribution in [0, 0.1) is 0 Å². The van der Waals surface area contributed by atoms with Crippen molar-refractivity contribution >= 4 is 11.9 Å². The molecule has 0 aliphatic rings. The fourth-order valence-corrected chi connectivity index (χ4v) is 1.19. The van der Waals surface area contributed by atoms with Crippen molar-refractivity contribution in [3.05, 3.63) is 0 Å². The van der Waals surface area contributed by atoms with Gasteiger partial charge in [-0.15, -0.1) is 0 Å². The van der Waals surface area contributed by atoms with E-state index in [1.165, 1.54) is 6.92 Å². The number of carboxylic acids is 1. The lowest BCUT2D eigenvalue weighted by molar-refractivity contribution is -0.141. The molecule has 0 unspecified atom stereocenters. The maximum absolute atomic E-state index is 10.9. The van der Waals surface area contributed by atoms with Crippen LogP contribution in [0.15, 0.2) is 4.99 Å². The predicted molar refractivity (Wildman–Crippen MR) is 62.2 cm³/mol. The zero-order valence-corrected chi connectivity index (χ0v) is 9.71. The van der Waals surface area contributed by atoms with Crippen molar-refractivity contribution in [1.82, 2.24) is 5.32 Å². The highest BCUT2D eigenvalue weighted by atomic mass is 16.5. The first-order chi connectivity index (χ1) is 7.84. The summed E-state index contributed by atoms with van der Waals surface area (Å²) in [7, 11) is 0. The minimum atomic E-state index is -1.60. The van der Waals surface area contributed by atoms with Crippen molar-refractivity contribution in [2.45, 2.75) is 38.1 Å². The van der Waals surface area contributed by atoms with Gasteiger partial charge in [0, 0.05) is 6.54 Å². The second-order valence-electron chi connectivity index (χ2n) is 3.71. The molecule has 0 aliphatic heterocycles. The summed E-state index contributed by atoms with van der Waals surface area (Å²) in [6.45, 7) is 1.82. The summed E-state index contributed by atoms with van der Waals surface area (Å²) < 4.78 is 0. The van der Waals surface area contributed by atoms with Gasteiger partial charge in [0.1, 0.15) is 6.04 Å². The number of rotatable bonds is 8. The number of nitrogens with two attached hydrogens (primary N) is 2. The van der Waals surface area contributed by atoms with Crippen molar-refractivity contribution < 1.29 is 20.1 Å². The Morgan fingerprint density at radius 1 is 1.41 bits per heavy atom. The molecule has 0 spiro atoms. The van der Waals surface area contributed by atoms with Gasteiger partial charge in [-0.25, -0.2) is 0 Å². The molecule has 0 amide bonds. The fraction of sp³-hybridized carbons (Fsp3) is 0.778. The highest BCUT2D eigenvalue weighted by molar-refractivity contribution is 5.75. The third-order valence-corrected chi connectivity index (χ3v) is 2.15. The largest absolute Gasteiger partial charge is 0.480 e. The first-order valence-corrected chi connectivity index (χ1v) is 5.25. The Hall–Kier alpha value is -1.38. The molecule has 2 atom stereocenters. The normalized spacial score (nSPS) is 14.4. The molecule has 0 saturated heterocycles. The van der Waals surface area contributed by atoms with Gasteiger partial charge in [0.25, 0.3) is 0 Å². The van der Waals surface area contributed by atoms with Gasteiger partial charge >= 0.3 is 5.97 Å². The average molecular weight is 248 g/mol. The molecule has 0 aliphatic carbocycles. The van der Waals surface area contributed by atoms with Gasteiger partial charge in [0.2, 0.25) is 0 Å². The highest BCUT2D eigenvalue weighted by Crippen LogP contribution is 2.01. The van der Waals surface area contributed by atoms with E-state index in [4.69, 9.17) is 26.8 Å². The number of carbonyl (C=O) groups is 1. The fourth-order valence-electron chi connectivity index (χ4n) is 1.19. The minimum Gasteiger partial charge on any atom is -0.480 e. The summed E-state index contributed by atoms with van der Waals surface area (Å²) in [4.78, 5) is 14.6. The van der Waals surface area contributed by atoms with Gasteiger partial charge in [-0.2, -0.15) is 0 Å². The number of nitrogens with zero attached hydrogens (tertiary/aromatic N) is 1. The smallest absolute Gasteiger partial charge is 0.320 e. The molecule has 0 radical (unpaired) electrons. The van der Waals surface area contributed by atoms with Crippen LogP contribution in [-0.2, 0) is 4.79 Å². The van der Waals surface area contributed by atoms with Crippen molar-refractivity contribution in [3.63, 3.8) is 0 Å². The van der Waals surface area contributed by atoms with Gasteiger partial charge in [-0.1, -0.05) is 0 Å². The maximum Gasteiger partial charge on any atom is 0.320 e. The Balaban J connectivity index is 4.08. The molecule has 0 aromatic heterocycles. The summed E-state index contributed by atoms with van der Waals surface area (Å²) in [5, 5.41) is 29.2. The Morgan fingerprint density at radius 3 is 2.41 bits per heavy atom. The molecule has 0 saturated carbocycles. The Kier molecular flexibility index (Phi) is 7.19. The molecular weight excluding hydrogens is 228 g/mol. The molecule has 0 rings (SSSR count). The average Bonchev–Trinajstić information content (AvgIpc) is 2.21. The molecule has 0 fully saturated rings. The van der Waals surface area contributed by atoms with E-state index < -0.39 is 24.3 Å². The summed E-state index contributed by atoms with van der Waals surface area (Å²) in [6, 6.07) is -1.58. The molecule has 0 heterocycles. The number of hydrogen-bond acceptors (Lipinski definition) is 5. The first kappa shape index (κ1) is 15.6. The van der Waals surface area contributed by atoms with Crippen molar-refractivity contribution in [2.24, 2.45) is 16.5 Å². The molecule has 100 valence electrons. The molecule has 0 aromatic carbocycles. The number of guanidine groups is 1. The van der Waals surface area contributed by atoms with Crippen LogP contribution in [-0.4, -0.2) is 52.2 Å². The Labute approximate surface area is 99.3 Å². The summed E-state index contributed by atoms with van der Waals surface area (Å²) >= 11 is 0. The third kappa shape index (κ3) is 7.50. The monoisotopic (exact) mass is 248 g/mol. The number of aliphatic imine (C=N–C) groups is 1. The van der Waals surface area contributed by atoms with Gasteiger partial charge in [0.15, 0.2) is 12.2 Å². The van der Waals surface area contributed by atoms with E-state index >= 15 is 0 Å². The number of carboxylic acid groups (broad SMARTS) is 1. The van der Waals surface area contributed by atoms with Gasteiger partial charge < -0.3 is 26.8 Å². The maximum atomic E-state index is 10.9. The number of aliphatic hydroxyl groups is 2. The molecule has 8 heteroatoms. The van der Waals surface area contributed by atoms with Gasteiger partial charge in [-0.3, -0.25) is 15.1 Å². The van der Waals surface area contributed by atoms with Crippen molar-refractivity contribution in [2.75, 3.05) is 6.54 Å². The van der Waals surface area contributed by atoms with E-state index in [-0.39, 0.29) is 5.96 Å². The van der Waals surface area contributed by atoms with E-state index in [1.54, 1.807) is 0 Å². The lowest BCUT2D eigenvalue weighted by atomic mass is 10.1. The van der Waals surface area contributed by atoms with Crippen LogP contribution in [0.4, 0.5) is 0 Å². The van der Waals surface area contributed by atoms with Crippen LogP contribution in [0.1, 0.15) is 19.8 Å².